The summed E-state index contributed by atoms with van der Waals surface area (Å²) in [5.74, 6) is 1.24. The fraction of sp³-hybridized carbons (Fsp3) is 0.368. The maximum Gasteiger partial charge on any atom is 0.251 e. The van der Waals surface area contributed by atoms with E-state index in [1.54, 1.807) is 19.4 Å². The lowest BCUT2D eigenvalue weighted by Gasteiger charge is -2.08. The van der Waals surface area contributed by atoms with Crippen LogP contribution in [0.3, 0.4) is 0 Å². The molecule has 2 aromatic rings. The number of benzene rings is 1. The molecule has 1 aliphatic rings. The second kappa shape index (κ2) is 7.93. The van der Waals surface area contributed by atoms with E-state index in [1.807, 2.05) is 30.3 Å². The van der Waals surface area contributed by atoms with Crippen LogP contribution in [0.25, 0.3) is 0 Å². The van der Waals surface area contributed by atoms with Crippen molar-refractivity contribution in [3.8, 4) is 5.88 Å². The summed E-state index contributed by atoms with van der Waals surface area (Å²) in [7, 11) is 1.64. The minimum atomic E-state index is -0.109. The number of hydrogen-bond acceptors (Lipinski definition) is 4. The Labute approximate surface area is 142 Å². The first-order chi connectivity index (χ1) is 11.7. The number of amides is 1. The highest BCUT2D eigenvalue weighted by Crippen LogP contribution is 2.29. The number of carbonyl (C=O) groups is 1. The van der Waals surface area contributed by atoms with Gasteiger partial charge in [0.1, 0.15) is 0 Å². The van der Waals surface area contributed by atoms with Crippen LogP contribution in [0.2, 0.25) is 0 Å². The summed E-state index contributed by atoms with van der Waals surface area (Å²) in [6.07, 6.45) is 4.26. The molecule has 0 bridgehead atoms. The van der Waals surface area contributed by atoms with Gasteiger partial charge in [-0.15, -0.1) is 0 Å². The van der Waals surface area contributed by atoms with Crippen LogP contribution in [-0.4, -0.2) is 24.6 Å². The van der Waals surface area contributed by atoms with E-state index in [9.17, 15) is 4.79 Å². The summed E-state index contributed by atoms with van der Waals surface area (Å²) in [6.45, 7) is 1.68. The summed E-state index contributed by atoms with van der Waals surface area (Å²) in [5, 5.41) is 2.90. The minimum absolute atomic E-state index is 0.109. The molecule has 5 nitrogen and oxygen atoms in total. The quantitative estimate of drug-likeness (QED) is 0.810. The molecule has 3 rings (SSSR count). The molecule has 1 aromatic heterocycles. The lowest BCUT2D eigenvalue weighted by Crippen LogP contribution is -2.23. The Morgan fingerprint density at radius 2 is 2.12 bits per heavy atom. The molecule has 0 unspecified atom stereocenters. The Morgan fingerprint density at radius 1 is 1.25 bits per heavy atom. The number of nitrogens with one attached hydrogen (secondary N) is 1. The fourth-order valence-electron chi connectivity index (χ4n) is 2.34. The lowest BCUT2D eigenvalue weighted by atomic mass is 10.1. The van der Waals surface area contributed by atoms with Crippen molar-refractivity contribution < 1.29 is 14.3 Å². The second-order valence-electron chi connectivity index (χ2n) is 6.08. The molecule has 0 saturated heterocycles. The molecule has 1 amide bonds. The SMILES string of the molecule is COCc1cccc(C(=O)NCc2ccc(OCC3CC3)nc2)c1. The highest BCUT2D eigenvalue weighted by atomic mass is 16.5. The average molecular weight is 326 g/mol. The van der Waals surface area contributed by atoms with E-state index in [0.717, 1.165) is 17.7 Å². The van der Waals surface area contributed by atoms with Crippen molar-refractivity contribution in [2.75, 3.05) is 13.7 Å². The van der Waals surface area contributed by atoms with Crippen molar-refractivity contribution >= 4 is 5.91 Å². The zero-order valence-electron chi connectivity index (χ0n) is 13.8. The monoisotopic (exact) mass is 326 g/mol. The van der Waals surface area contributed by atoms with Gasteiger partial charge < -0.3 is 14.8 Å². The van der Waals surface area contributed by atoms with Crippen LogP contribution in [0.1, 0.15) is 34.3 Å². The van der Waals surface area contributed by atoms with Gasteiger partial charge in [0, 0.05) is 31.5 Å². The van der Waals surface area contributed by atoms with E-state index < -0.39 is 0 Å². The first kappa shape index (κ1) is 16.5. The molecule has 126 valence electrons. The number of carbonyl (C=O) groups excluding carboxylic acids is 1. The predicted octanol–water partition coefficient (Wildman–Crippen LogP) is 2.95. The average Bonchev–Trinajstić information content (AvgIpc) is 3.44. The normalized spacial score (nSPS) is 13.5. The van der Waals surface area contributed by atoms with E-state index in [2.05, 4.69) is 10.3 Å². The molecule has 1 fully saturated rings. The molecular formula is C19H22N2O3. The number of rotatable bonds is 8. The van der Waals surface area contributed by atoms with Crippen LogP contribution in [0.15, 0.2) is 42.6 Å². The second-order valence-corrected chi connectivity index (χ2v) is 6.08. The molecule has 0 spiro atoms. The summed E-state index contributed by atoms with van der Waals surface area (Å²) in [4.78, 5) is 16.5. The molecule has 5 heteroatoms. The highest BCUT2D eigenvalue weighted by molar-refractivity contribution is 5.94. The highest BCUT2D eigenvalue weighted by Gasteiger charge is 2.22. The van der Waals surface area contributed by atoms with E-state index >= 15 is 0 Å². The first-order valence-corrected chi connectivity index (χ1v) is 8.18. The van der Waals surface area contributed by atoms with Crippen molar-refractivity contribution in [1.29, 1.82) is 0 Å². The van der Waals surface area contributed by atoms with Gasteiger partial charge in [-0.05, 0) is 42.0 Å². The number of hydrogen-bond donors (Lipinski definition) is 1. The van der Waals surface area contributed by atoms with Crippen LogP contribution in [0.5, 0.6) is 5.88 Å². The molecule has 24 heavy (non-hydrogen) atoms. The van der Waals surface area contributed by atoms with Gasteiger partial charge in [0.25, 0.3) is 5.91 Å². The topological polar surface area (TPSA) is 60.5 Å². The standard InChI is InChI=1S/C19H22N2O3/c1-23-12-15-3-2-4-17(9-15)19(22)21-11-16-7-8-18(20-10-16)24-13-14-5-6-14/h2-4,7-10,14H,5-6,11-13H2,1H3,(H,21,22). The first-order valence-electron chi connectivity index (χ1n) is 8.18. The molecular weight excluding hydrogens is 304 g/mol. The molecule has 0 aliphatic heterocycles. The van der Waals surface area contributed by atoms with Crippen LogP contribution < -0.4 is 10.1 Å². The summed E-state index contributed by atoms with van der Waals surface area (Å²) >= 11 is 0. The third-order valence-corrected chi connectivity index (χ3v) is 3.91. The third-order valence-electron chi connectivity index (χ3n) is 3.91. The van der Waals surface area contributed by atoms with E-state index in [4.69, 9.17) is 9.47 Å². The van der Waals surface area contributed by atoms with Gasteiger partial charge in [-0.3, -0.25) is 4.79 Å². The number of aromatic nitrogens is 1. The fourth-order valence-corrected chi connectivity index (χ4v) is 2.34. The van der Waals surface area contributed by atoms with Gasteiger partial charge in [-0.25, -0.2) is 4.98 Å². The van der Waals surface area contributed by atoms with Crippen LogP contribution in [-0.2, 0) is 17.9 Å². The molecule has 1 aliphatic carbocycles. The summed E-state index contributed by atoms with van der Waals surface area (Å²) in [5.41, 5.74) is 2.54. The largest absolute Gasteiger partial charge is 0.477 e. The van der Waals surface area contributed by atoms with Gasteiger partial charge in [0.2, 0.25) is 5.88 Å². The molecule has 1 aromatic carbocycles. The Hall–Kier alpha value is -2.40. The molecule has 1 N–H and O–H groups in total. The van der Waals surface area contributed by atoms with E-state index in [0.29, 0.717) is 30.5 Å². The van der Waals surface area contributed by atoms with Gasteiger partial charge in [-0.2, -0.15) is 0 Å². The molecule has 1 saturated carbocycles. The predicted molar refractivity (Wildman–Crippen MR) is 90.8 cm³/mol. The molecule has 0 atom stereocenters. The lowest BCUT2D eigenvalue weighted by molar-refractivity contribution is 0.0950. The van der Waals surface area contributed by atoms with Crippen molar-refractivity contribution in [3.05, 3.63) is 59.3 Å². The van der Waals surface area contributed by atoms with Crippen LogP contribution in [0.4, 0.5) is 0 Å². The zero-order valence-corrected chi connectivity index (χ0v) is 13.8. The minimum Gasteiger partial charge on any atom is -0.477 e. The summed E-state index contributed by atoms with van der Waals surface area (Å²) < 4.78 is 10.7. The van der Waals surface area contributed by atoms with Crippen LogP contribution >= 0.6 is 0 Å². The van der Waals surface area contributed by atoms with Gasteiger partial charge in [0.15, 0.2) is 0 Å². The van der Waals surface area contributed by atoms with Gasteiger partial charge in [0.05, 0.1) is 13.2 Å². The van der Waals surface area contributed by atoms with Crippen molar-refractivity contribution in [2.24, 2.45) is 5.92 Å². The maximum absolute atomic E-state index is 12.2. The maximum atomic E-state index is 12.2. The third kappa shape index (κ3) is 4.80. The number of ether oxygens (including phenoxy) is 2. The Kier molecular flexibility index (Phi) is 5.43. The van der Waals surface area contributed by atoms with E-state index in [-0.39, 0.29) is 5.91 Å². The van der Waals surface area contributed by atoms with Crippen LogP contribution in [0, 0.1) is 5.92 Å². The zero-order chi connectivity index (χ0) is 16.8. The molecule has 0 radical (unpaired) electrons. The Bertz CT molecular complexity index is 681. The number of pyridine rings is 1. The Balaban J connectivity index is 1.50. The summed E-state index contributed by atoms with van der Waals surface area (Å²) in [6, 6.07) is 11.2. The number of methoxy groups -OCH3 is 1. The van der Waals surface area contributed by atoms with Crippen molar-refractivity contribution in [3.63, 3.8) is 0 Å². The smallest absolute Gasteiger partial charge is 0.251 e. The van der Waals surface area contributed by atoms with Gasteiger partial charge >= 0.3 is 0 Å². The van der Waals surface area contributed by atoms with Crippen molar-refractivity contribution in [1.82, 2.24) is 10.3 Å². The van der Waals surface area contributed by atoms with Crippen molar-refractivity contribution in [2.45, 2.75) is 26.0 Å². The molecule has 1 heterocycles. The van der Waals surface area contributed by atoms with E-state index in [1.165, 1.54) is 12.8 Å². The Morgan fingerprint density at radius 3 is 2.83 bits per heavy atom. The number of nitrogens with zero attached hydrogens (tertiary/aromatic N) is 1. The van der Waals surface area contributed by atoms with Gasteiger partial charge in [-0.1, -0.05) is 18.2 Å².